The lowest BCUT2D eigenvalue weighted by Crippen LogP contribution is -1.76. The van der Waals surface area contributed by atoms with Gasteiger partial charge in [0.2, 0.25) is 0 Å². The van der Waals surface area contributed by atoms with Crippen LogP contribution >= 0.6 is 11.6 Å². The molecule has 0 aromatic rings. The van der Waals surface area contributed by atoms with E-state index in [1.165, 1.54) is 6.92 Å². The topological polar surface area (TPSA) is 12.4 Å². The number of hydrogen-bond acceptors (Lipinski definition) is 1. The zero-order valence-corrected chi connectivity index (χ0v) is 5.87. The molecule has 0 bridgehead atoms. The molecule has 0 amide bonds. The van der Waals surface area contributed by atoms with Gasteiger partial charge in [0.15, 0.2) is 11.0 Å². The molecule has 0 fully saturated rings. The van der Waals surface area contributed by atoms with Gasteiger partial charge in [-0.15, -0.1) is 0 Å². The molecule has 0 atom stereocenters. The van der Waals surface area contributed by atoms with Crippen LogP contribution in [0, 0.1) is 0 Å². The van der Waals surface area contributed by atoms with Crippen molar-refractivity contribution in [1.82, 2.24) is 0 Å². The van der Waals surface area contributed by atoms with Crippen LogP contribution in [0.3, 0.4) is 0 Å². The minimum atomic E-state index is -0.605. The lowest BCUT2D eigenvalue weighted by Gasteiger charge is -1.92. The van der Waals surface area contributed by atoms with E-state index in [9.17, 15) is 4.39 Å². The van der Waals surface area contributed by atoms with Crippen LogP contribution in [0.1, 0.15) is 6.92 Å². The summed E-state index contributed by atoms with van der Waals surface area (Å²) in [5.74, 6) is -0.605. The van der Waals surface area contributed by atoms with Gasteiger partial charge in [0.05, 0.1) is 0 Å². The van der Waals surface area contributed by atoms with E-state index in [4.69, 9.17) is 11.6 Å². The van der Waals surface area contributed by atoms with Crippen molar-refractivity contribution >= 4 is 18.3 Å². The second kappa shape index (κ2) is 3.41. The SMILES string of the molecule is C=N/C(Cl)=C(/F)C(=C)C. The Morgan fingerprint density at radius 1 is 1.67 bits per heavy atom. The van der Waals surface area contributed by atoms with Crippen LogP contribution < -0.4 is 0 Å². The Balaban J connectivity index is 4.47. The fourth-order valence-corrected chi connectivity index (χ4v) is 0.407. The average molecular weight is 148 g/mol. The fraction of sp³-hybridized carbons (Fsp3) is 0.167. The Bertz CT molecular complexity index is 172. The molecule has 0 aliphatic heterocycles. The first-order valence-corrected chi connectivity index (χ1v) is 2.65. The largest absolute Gasteiger partial charge is 0.249 e. The van der Waals surface area contributed by atoms with Crippen molar-refractivity contribution in [3.05, 3.63) is 23.1 Å². The Morgan fingerprint density at radius 2 is 2.11 bits per heavy atom. The van der Waals surface area contributed by atoms with E-state index in [1.54, 1.807) is 0 Å². The van der Waals surface area contributed by atoms with E-state index in [0.29, 0.717) is 0 Å². The summed E-state index contributed by atoms with van der Waals surface area (Å²) in [6, 6.07) is 0. The van der Waals surface area contributed by atoms with Crippen molar-refractivity contribution in [1.29, 1.82) is 0 Å². The second-order valence-corrected chi connectivity index (χ2v) is 1.90. The average Bonchev–Trinajstić information content (AvgIpc) is 1.84. The van der Waals surface area contributed by atoms with Gasteiger partial charge in [-0.1, -0.05) is 18.2 Å². The molecule has 9 heavy (non-hydrogen) atoms. The van der Waals surface area contributed by atoms with Crippen LogP contribution in [-0.4, -0.2) is 6.72 Å². The number of aliphatic imine (C=N–C) groups is 1. The first-order chi connectivity index (χ1) is 4.09. The molecule has 0 aliphatic rings. The van der Waals surface area contributed by atoms with Gasteiger partial charge in [-0.05, 0) is 19.2 Å². The van der Waals surface area contributed by atoms with Gasteiger partial charge in [0.25, 0.3) is 0 Å². The predicted molar refractivity (Wildman–Crippen MR) is 38.4 cm³/mol. The van der Waals surface area contributed by atoms with Gasteiger partial charge in [0, 0.05) is 0 Å². The van der Waals surface area contributed by atoms with E-state index < -0.39 is 5.83 Å². The van der Waals surface area contributed by atoms with Gasteiger partial charge in [-0.25, -0.2) is 9.38 Å². The third-order valence-electron chi connectivity index (χ3n) is 0.695. The van der Waals surface area contributed by atoms with Crippen LogP contribution in [0.4, 0.5) is 4.39 Å². The quantitative estimate of drug-likeness (QED) is 0.324. The summed E-state index contributed by atoms with van der Waals surface area (Å²) < 4.78 is 12.4. The van der Waals surface area contributed by atoms with Crippen LogP contribution in [0.15, 0.2) is 28.1 Å². The molecule has 0 spiro atoms. The molecule has 0 unspecified atom stereocenters. The molecular formula is C6H7ClFN. The van der Waals surface area contributed by atoms with Crippen LogP contribution in [0.5, 0.6) is 0 Å². The molecule has 0 aromatic heterocycles. The summed E-state index contributed by atoms with van der Waals surface area (Å²) in [5, 5.41) is -0.234. The van der Waals surface area contributed by atoms with Crippen molar-refractivity contribution in [2.45, 2.75) is 6.92 Å². The third-order valence-corrected chi connectivity index (χ3v) is 0.980. The minimum absolute atomic E-state index is 0.234. The van der Waals surface area contributed by atoms with Crippen molar-refractivity contribution in [3.8, 4) is 0 Å². The number of rotatable bonds is 2. The Hall–Kier alpha value is -0.630. The van der Waals surface area contributed by atoms with E-state index in [-0.39, 0.29) is 10.7 Å². The van der Waals surface area contributed by atoms with Crippen LogP contribution in [0.25, 0.3) is 0 Å². The van der Waals surface area contributed by atoms with E-state index in [1.807, 2.05) is 0 Å². The Kier molecular flexibility index (Phi) is 3.17. The van der Waals surface area contributed by atoms with Crippen molar-refractivity contribution in [3.63, 3.8) is 0 Å². The molecule has 0 saturated heterocycles. The second-order valence-electron chi connectivity index (χ2n) is 1.54. The number of hydrogen-bond donors (Lipinski definition) is 0. The number of nitrogens with zero attached hydrogens (tertiary/aromatic N) is 1. The number of allylic oxidation sites excluding steroid dienone is 2. The number of halogens is 2. The summed E-state index contributed by atoms with van der Waals surface area (Å²) in [6.45, 7) is 7.86. The van der Waals surface area contributed by atoms with E-state index in [2.05, 4.69) is 18.3 Å². The Labute approximate surface area is 58.5 Å². The zero-order chi connectivity index (χ0) is 7.44. The normalized spacial score (nSPS) is 12.3. The minimum Gasteiger partial charge on any atom is -0.249 e. The molecule has 50 valence electrons. The molecule has 3 heteroatoms. The summed E-state index contributed by atoms with van der Waals surface area (Å²) in [4.78, 5) is 3.17. The third kappa shape index (κ3) is 2.42. The summed E-state index contributed by atoms with van der Waals surface area (Å²) >= 11 is 5.23. The molecule has 0 rings (SSSR count). The van der Waals surface area contributed by atoms with Gasteiger partial charge < -0.3 is 0 Å². The van der Waals surface area contributed by atoms with Gasteiger partial charge >= 0.3 is 0 Å². The fourth-order valence-electron chi connectivity index (χ4n) is 0.245. The van der Waals surface area contributed by atoms with E-state index in [0.717, 1.165) is 0 Å². The molecule has 0 heterocycles. The molecule has 0 saturated carbocycles. The maximum atomic E-state index is 12.4. The maximum absolute atomic E-state index is 12.4. The molecule has 0 aliphatic carbocycles. The highest BCUT2D eigenvalue weighted by Crippen LogP contribution is 2.17. The van der Waals surface area contributed by atoms with E-state index >= 15 is 0 Å². The van der Waals surface area contributed by atoms with Crippen molar-refractivity contribution in [2.75, 3.05) is 0 Å². The maximum Gasteiger partial charge on any atom is 0.164 e. The first kappa shape index (κ1) is 8.37. The monoisotopic (exact) mass is 147 g/mol. The Morgan fingerprint density at radius 3 is 2.22 bits per heavy atom. The van der Waals surface area contributed by atoms with Crippen molar-refractivity contribution in [2.24, 2.45) is 4.99 Å². The highest BCUT2D eigenvalue weighted by atomic mass is 35.5. The molecule has 0 aromatic carbocycles. The molecule has 0 radical (unpaired) electrons. The van der Waals surface area contributed by atoms with Crippen LogP contribution in [0.2, 0.25) is 0 Å². The standard InChI is InChI=1S/C6H7ClFN/c1-4(2)5(8)6(7)9-3/h1,3H2,2H3/b6-5+. The summed E-state index contributed by atoms with van der Waals surface area (Å²) in [6.07, 6.45) is 0. The van der Waals surface area contributed by atoms with Gasteiger partial charge in [0.1, 0.15) is 0 Å². The summed E-state index contributed by atoms with van der Waals surface area (Å²) in [7, 11) is 0. The van der Waals surface area contributed by atoms with Crippen LogP contribution in [-0.2, 0) is 0 Å². The lowest BCUT2D eigenvalue weighted by molar-refractivity contribution is 0.646. The molecule has 1 nitrogen and oxygen atoms in total. The summed E-state index contributed by atoms with van der Waals surface area (Å²) in [5.41, 5.74) is 0.257. The molecule has 0 N–H and O–H groups in total. The zero-order valence-electron chi connectivity index (χ0n) is 5.12. The molecular weight excluding hydrogens is 141 g/mol. The predicted octanol–water partition coefficient (Wildman–Crippen LogP) is 2.64. The van der Waals surface area contributed by atoms with Gasteiger partial charge in [-0.2, -0.15) is 0 Å². The lowest BCUT2D eigenvalue weighted by atomic mass is 10.3. The highest BCUT2D eigenvalue weighted by molar-refractivity contribution is 6.30. The van der Waals surface area contributed by atoms with Crippen molar-refractivity contribution < 1.29 is 4.39 Å². The van der Waals surface area contributed by atoms with Gasteiger partial charge in [-0.3, -0.25) is 0 Å². The smallest absolute Gasteiger partial charge is 0.164 e. The first-order valence-electron chi connectivity index (χ1n) is 2.27. The highest BCUT2D eigenvalue weighted by Gasteiger charge is 2.00.